The van der Waals surface area contributed by atoms with Crippen molar-refractivity contribution in [2.24, 2.45) is 0 Å². The van der Waals surface area contributed by atoms with Gasteiger partial charge in [0.2, 0.25) is 0 Å². The van der Waals surface area contributed by atoms with Crippen molar-refractivity contribution in [1.29, 1.82) is 5.26 Å². The molecule has 0 aliphatic heterocycles. The molecule has 1 aromatic heterocycles. The van der Waals surface area contributed by atoms with Gasteiger partial charge in [0.25, 0.3) is 5.91 Å². The number of methoxy groups -OCH3 is 1. The van der Waals surface area contributed by atoms with Crippen molar-refractivity contribution in [1.82, 2.24) is 10.3 Å². The van der Waals surface area contributed by atoms with Crippen molar-refractivity contribution in [2.45, 2.75) is 6.54 Å². The lowest BCUT2D eigenvalue weighted by molar-refractivity contribution is -0.117. The first kappa shape index (κ1) is 15.3. The summed E-state index contributed by atoms with van der Waals surface area (Å²) in [4.78, 5) is 16.1. The summed E-state index contributed by atoms with van der Waals surface area (Å²) < 4.78 is 5.21. The summed E-state index contributed by atoms with van der Waals surface area (Å²) in [5, 5.41) is 11.9. The van der Waals surface area contributed by atoms with Gasteiger partial charge < -0.3 is 10.1 Å². The first-order valence-electron chi connectivity index (χ1n) is 6.66. The summed E-state index contributed by atoms with van der Waals surface area (Å²) in [5.41, 5.74) is 1.57. The number of pyridine rings is 1. The Morgan fingerprint density at radius 1 is 1.36 bits per heavy atom. The Bertz CT molecular complexity index is 718. The molecular weight excluding hydrogens is 278 g/mol. The molecular formula is C17H15N3O2. The predicted molar refractivity (Wildman–Crippen MR) is 82.7 cm³/mol. The van der Waals surface area contributed by atoms with Crippen LogP contribution in [0.4, 0.5) is 0 Å². The maximum atomic E-state index is 12.1. The molecule has 5 heteroatoms. The Labute approximate surface area is 128 Å². The third-order valence-corrected chi connectivity index (χ3v) is 2.98. The van der Waals surface area contributed by atoms with Gasteiger partial charge in [0.1, 0.15) is 17.4 Å². The zero-order chi connectivity index (χ0) is 15.8. The van der Waals surface area contributed by atoms with Gasteiger partial charge in [0, 0.05) is 24.5 Å². The van der Waals surface area contributed by atoms with Gasteiger partial charge in [0.05, 0.1) is 7.11 Å². The normalized spacial score (nSPS) is 10.6. The fourth-order valence-electron chi connectivity index (χ4n) is 1.87. The van der Waals surface area contributed by atoms with Gasteiger partial charge in [-0.15, -0.1) is 0 Å². The zero-order valence-electron chi connectivity index (χ0n) is 12.1. The van der Waals surface area contributed by atoms with Crippen molar-refractivity contribution in [2.75, 3.05) is 7.11 Å². The molecule has 1 heterocycles. The fourth-order valence-corrected chi connectivity index (χ4v) is 1.87. The second-order valence-corrected chi connectivity index (χ2v) is 4.46. The number of aromatic nitrogens is 1. The topological polar surface area (TPSA) is 75.0 Å². The number of benzene rings is 1. The van der Waals surface area contributed by atoms with Crippen molar-refractivity contribution in [3.8, 4) is 11.8 Å². The summed E-state index contributed by atoms with van der Waals surface area (Å²) in [6, 6.07) is 12.8. The molecule has 110 valence electrons. The first-order chi connectivity index (χ1) is 10.7. The van der Waals surface area contributed by atoms with E-state index in [-0.39, 0.29) is 5.57 Å². The van der Waals surface area contributed by atoms with E-state index in [0.29, 0.717) is 17.9 Å². The zero-order valence-corrected chi connectivity index (χ0v) is 12.1. The fraction of sp³-hybridized carbons (Fsp3) is 0.118. The molecule has 0 radical (unpaired) electrons. The van der Waals surface area contributed by atoms with Crippen LogP contribution in [0.15, 0.2) is 54.4 Å². The molecule has 1 aromatic carbocycles. The Balaban J connectivity index is 2.12. The Hall–Kier alpha value is -3.13. The molecule has 0 atom stereocenters. The minimum Gasteiger partial charge on any atom is -0.496 e. The highest BCUT2D eigenvalue weighted by molar-refractivity contribution is 6.01. The molecule has 0 unspecified atom stereocenters. The number of carbonyl (C=O) groups excluding carboxylic acids is 1. The molecule has 0 spiro atoms. The van der Waals surface area contributed by atoms with Crippen molar-refractivity contribution >= 4 is 12.0 Å². The van der Waals surface area contributed by atoms with Crippen LogP contribution >= 0.6 is 0 Å². The van der Waals surface area contributed by atoms with Gasteiger partial charge in [-0.05, 0) is 23.8 Å². The van der Waals surface area contributed by atoms with Crippen LogP contribution in [0.3, 0.4) is 0 Å². The number of nitriles is 1. The highest BCUT2D eigenvalue weighted by Gasteiger charge is 2.10. The van der Waals surface area contributed by atoms with E-state index in [4.69, 9.17) is 4.74 Å². The van der Waals surface area contributed by atoms with Gasteiger partial charge in [-0.1, -0.05) is 24.3 Å². The van der Waals surface area contributed by atoms with Crippen LogP contribution in [0.1, 0.15) is 11.1 Å². The molecule has 0 saturated carbocycles. The van der Waals surface area contributed by atoms with Gasteiger partial charge >= 0.3 is 0 Å². The number of nitrogens with zero attached hydrogens (tertiary/aromatic N) is 2. The maximum absolute atomic E-state index is 12.1. The number of hydrogen-bond acceptors (Lipinski definition) is 4. The summed E-state index contributed by atoms with van der Waals surface area (Å²) in [6.45, 7) is 0.317. The van der Waals surface area contributed by atoms with E-state index >= 15 is 0 Å². The number of amides is 1. The minimum absolute atomic E-state index is 0.0217. The van der Waals surface area contributed by atoms with Crippen LogP contribution in [-0.4, -0.2) is 18.0 Å². The van der Waals surface area contributed by atoms with Crippen LogP contribution in [-0.2, 0) is 11.3 Å². The number of nitrogens with one attached hydrogen (secondary N) is 1. The third-order valence-electron chi connectivity index (χ3n) is 2.98. The average Bonchev–Trinajstić information content (AvgIpc) is 2.58. The van der Waals surface area contributed by atoms with Crippen LogP contribution in [0.2, 0.25) is 0 Å². The lowest BCUT2D eigenvalue weighted by atomic mass is 10.1. The van der Waals surface area contributed by atoms with E-state index in [1.165, 1.54) is 6.08 Å². The largest absolute Gasteiger partial charge is 0.496 e. The molecule has 1 N–H and O–H groups in total. The Kier molecular flexibility index (Phi) is 5.27. The van der Waals surface area contributed by atoms with Crippen LogP contribution in [0, 0.1) is 11.3 Å². The number of rotatable bonds is 5. The van der Waals surface area contributed by atoms with Crippen LogP contribution in [0.25, 0.3) is 6.08 Å². The van der Waals surface area contributed by atoms with Crippen molar-refractivity contribution < 1.29 is 9.53 Å². The Morgan fingerprint density at radius 3 is 2.86 bits per heavy atom. The standard InChI is InChI=1S/C17H15N3O2/c1-22-16-7-3-2-6-14(16)9-15(10-18)17(21)20-12-13-5-4-8-19-11-13/h2-9,11H,12H2,1H3,(H,20,21)/b15-9-. The molecule has 1 amide bonds. The number of carbonyl (C=O) groups is 1. The van der Waals surface area contributed by atoms with E-state index in [0.717, 1.165) is 5.56 Å². The molecule has 0 aliphatic rings. The second kappa shape index (κ2) is 7.60. The highest BCUT2D eigenvalue weighted by atomic mass is 16.5. The molecule has 0 aliphatic carbocycles. The quantitative estimate of drug-likeness (QED) is 0.678. The highest BCUT2D eigenvalue weighted by Crippen LogP contribution is 2.20. The molecule has 0 saturated heterocycles. The number of hydrogen-bond donors (Lipinski definition) is 1. The summed E-state index contributed by atoms with van der Waals surface area (Å²) >= 11 is 0. The lowest BCUT2D eigenvalue weighted by Crippen LogP contribution is -2.24. The van der Waals surface area contributed by atoms with Crippen LogP contribution in [0.5, 0.6) is 5.75 Å². The van der Waals surface area contributed by atoms with Gasteiger partial charge in [-0.2, -0.15) is 5.26 Å². The van der Waals surface area contributed by atoms with Gasteiger partial charge in [-0.25, -0.2) is 0 Å². The third kappa shape index (κ3) is 3.93. The monoisotopic (exact) mass is 293 g/mol. The molecule has 0 bridgehead atoms. The number of para-hydroxylation sites is 1. The van der Waals surface area contributed by atoms with E-state index in [2.05, 4.69) is 10.3 Å². The summed E-state index contributed by atoms with van der Waals surface area (Å²) in [5.74, 6) is 0.174. The SMILES string of the molecule is COc1ccccc1/C=C(/C#N)C(=O)NCc1cccnc1. The molecule has 2 rings (SSSR count). The van der Waals surface area contributed by atoms with Gasteiger partial charge in [0.15, 0.2) is 0 Å². The van der Waals surface area contributed by atoms with E-state index in [1.54, 1.807) is 37.7 Å². The summed E-state index contributed by atoms with van der Waals surface area (Å²) in [6.07, 6.45) is 4.83. The van der Waals surface area contributed by atoms with Crippen molar-refractivity contribution in [3.05, 3.63) is 65.5 Å². The average molecular weight is 293 g/mol. The minimum atomic E-state index is -0.433. The molecule has 5 nitrogen and oxygen atoms in total. The molecule has 2 aromatic rings. The molecule has 0 fully saturated rings. The maximum Gasteiger partial charge on any atom is 0.262 e. The predicted octanol–water partition coefficient (Wildman–Crippen LogP) is 2.31. The first-order valence-corrected chi connectivity index (χ1v) is 6.66. The lowest BCUT2D eigenvalue weighted by Gasteiger charge is -2.06. The smallest absolute Gasteiger partial charge is 0.262 e. The van der Waals surface area contributed by atoms with Crippen molar-refractivity contribution in [3.63, 3.8) is 0 Å². The van der Waals surface area contributed by atoms with E-state index in [9.17, 15) is 10.1 Å². The van der Waals surface area contributed by atoms with E-state index in [1.807, 2.05) is 24.3 Å². The van der Waals surface area contributed by atoms with E-state index < -0.39 is 5.91 Å². The number of ether oxygens (including phenoxy) is 1. The van der Waals surface area contributed by atoms with Crippen LogP contribution < -0.4 is 10.1 Å². The van der Waals surface area contributed by atoms with Gasteiger partial charge in [-0.3, -0.25) is 9.78 Å². The summed E-state index contributed by atoms with van der Waals surface area (Å²) in [7, 11) is 1.54. The second-order valence-electron chi connectivity index (χ2n) is 4.46. The molecule has 22 heavy (non-hydrogen) atoms. The Morgan fingerprint density at radius 2 is 2.18 bits per heavy atom.